The molecule has 0 bridgehead atoms. The van der Waals surface area contributed by atoms with Gasteiger partial charge < -0.3 is 10.6 Å². The van der Waals surface area contributed by atoms with Crippen molar-refractivity contribution in [3.63, 3.8) is 0 Å². The van der Waals surface area contributed by atoms with E-state index in [0.717, 1.165) is 28.6 Å². The van der Waals surface area contributed by atoms with E-state index in [2.05, 4.69) is 42.5 Å². The molecule has 7 heteroatoms. The first kappa shape index (κ1) is 21.5. The second-order valence-corrected chi connectivity index (χ2v) is 8.56. The number of piperidine rings is 1. The summed E-state index contributed by atoms with van der Waals surface area (Å²) in [4.78, 5) is 31.5. The average molecular weight is 459 g/mol. The quantitative estimate of drug-likeness (QED) is 0.705. The average Bonchev–Trinajstić information content (AvgIpc) is 2.71. The van der Waals surface area contributed by atoms with Gasteiger partial charge in [-0.1, -0.05) is 17.7 Å². The van der Waals surface area contributed by atoms with Crippen LogP contribution in [0.1, 0.15) is 30.9 Å². The molecule has 0 radical (unpaired) electrons. The van der Waals surface area contributed by atoms with Crippen LogP contribution in [0.3, 0.4) is 0 Å². The molecule has 1 aliphatic rings. The lowest BCUT2D eigenvalue weighted by molar-refractivity contribution is -0.123. The number of rotatable bonds is 5. The fourth-order valence-electron chi connectivity index (χ4n) is 3.58. The summed E-state index contributed by atoms with van der Waals surface area (Å²) in [6.07, 6.45) is 3.11. The number of halogens is 1. The van der Waals surface area contributed by atoms with Crippen molar-refractivity contribution in [3.8, 4) is 0 Å². The van der Waals surface area contributed by atoms with Gasteiger partial charge in [0.2, 0.25) is 11.8 Å². The van der Waals surface area contributed by atoms with Crippen LogP contribution in [0.2, 0.25) is 0 Å². The number of amides is 2. The van der Waals surface area contributed by atoms with E-state index in [1.54, 1.807) is 12.3 Å². The topological polar surface area (TPSA) is 74.3 Å². The van der Waals surface area contributed by atoms with Gasteiger partial charge in [-0.3, -0.25) is 14.5 Å². The first-order chi connectivity index (χ1) is 13.8. The number of nitrogens with zero attached hydrogens (tertiary/aromatic N) is 2. The molecule has 0 aliphatic carbocycles. The summed E-state index contributed by atoms with van der Waals surface area (Å²) in [5.74, 6) is 0.471. The van der Waals surface area contributed by atoms with Crippen molar-refractivity contribution in [1.29, 1.82) is 0 Å². The smallest absolute Gasteiger partial charge is 0.241 e. The van der Waals surface area contributed by atoms with Crippen molar-refractivity contribution in [3.05, 3.63) is 52.1 Å². The molecule has 1 atom stereocenters. The molecule has 1 unspecified atom stereocenters. The van der Waals surface area contributed by atoms with Crippen LogP contribution < -0.4 is 10.6 Å². The van der Waals surface area contributed by atoms with Gasteiger partial charge in [0, 0.05) is 22.3 Å². The highest BCUT2D eigenvalue weighted by Gasteiger charge is 2.30. The number of carbonyl (C=O) groups is 2. The van der Waals surface area contributed by atoms with Crippen molar-refractivity contribution in [2.24, 2.45) is 5.92 Å². The number of carbonyl (C=O) groups excluding carboxylic acids is 2. The van der Waals surface area contributed by atoms with Gasteiger partial charge in [0.25, 0.3) is 0 Å². The second-order valence-electron chi connectivity index (χ2n) is 7.64. The van der Waals surface area contributed by atoms with Crippen molar-refractivity contribution in [2.75, 3.05) is 23.7 Å². The third-order valence-corrected chi connectivity index (χ3v) is 5.92. The minimum absolute atomic E-state index is 0.00754. The van der Waals surface area contributed by atoms with Gasteiger partial charge in [-0.15, -0.1) is 0 Å². The van der Waals surface area contributed by atoms with Crippen LogP contribution >= 0.6 is 15.9 Å². The molecule has 0 saturated carbocycles. The number of aromatic nitrogens is 1. The van der Waals surface area contributed by atoms with E-state index in [9.17, 15) is 9.59 Å². The predicted molar refractivity (Wildman–Crippen MR) is 119 cm³/mol. The Labute approximate surface area is 180 Å². The highest BCUT2D eigenvalue weighted by molar-refractivity contribution is 9.10. The monoisotopic (exact) mass is 458 g/mol. The van der Waals surface area contributed by atoms with Gasteiger partial charge >= 0.3 is 0 Å². The Balaban J connectivity index is 1.50. The van der Waals surface area contributed by atoms with Gasteiger partial charge in [-0.2, -0.15) is 0 Å². The number of hydrogen-bond donors (Lipinski definition) is 2. The Hall–Kier alpha value is -2.25. The third kappa shape index (κ3) is 5.64. The number of benzene rings is 1. The van der Waals surface area contributed by atoms with Gasteiger partial charge in [0.05, 0.1) is 6.04 Å². The fourth-order valence-corrected chi connectivity index (χ4v) is 3.82. The van der Waals surface area contributed by atoms with Crippen molar-refractivity contribution >= 4 is 39.2 Å². The Morgan fingerprint density at radius 2 is 1.86 bits per heavy atom. The molecule has 1 saturated heterocycles. The van der Waals surface area contributed by atoms with Crippen LogP contribution in [0.4, 0.5) is 11.5 Å². The maximum atomic E-state index is 12.7. The minimum Gasteiger partial charge on any atom is -0.324 e. The zero-order chi connectivity index (χ0) is 21.0. The largest absolute Gasteiger partial charge is 0.324 e. The van der Waals surface area contributed by atoms with E-state index in [1.807, 2.05) is 39.0 Å². The van der Waals surface area contributed by atoms with E-state index in [1.165, 1.54) is 5.56 Å². The van der Waals surface area contributed by atoms with Gasteiger partial charge in [-0.25, -0.2) is 4.98 Å². The minimum atomic E-state index is -0.243. The molecule has 2 aromatic rings. The molecule has 2 N–H and O–H groups in total. The Bertz CT molecular complexity index is 877. The molecule has 0 spiro atoms. The first-order valence-corrected chi connectivity index (χ1v) is 10.7. The van der Waals surface area contributed by atoms with Crippen molar-refractivity contribution < 1.29 is 9.59 Å². The summed E-state index contributed by atoms with van der Waals surface area (Å²) in [6.45, 7) is 7.39. The zero-order valence-electron chi connectivity index (χ0n) is 17.0. The SMILES string of the molecule is Cc1ccc(NC(=O)C(C)N2CCC(C(=O)Nc3ccc(Br)cn3)CC2)c(C)c1. The number of hydrogen-bond acceptors (Lipinski definition) is 4. The molecule has 2 amide bonds. The maximum absolute atomic E-state index is 12.7. The summed E-state index contributed by atoms with van der Waals surface area (Å²) in [5, 5.41) is 5.91. The number of pyridine rings is 1. The lowest BCUT2D eigenvalue weighted by Crippen LogP contribution is -2.47. The van der Waals surface area contributed by atoms with Gasteiger partial charge in [0.15, 0.2) is 0 Å². The zero-order valence-corrected chi connectivity index (χ0v) is 18.6. The van der Waals surface area contributed by atoms with E-state index in [4.69, 9.17) is 0 Å². The van der Waals surface area contributed by atoms with Crippen LogP contribution in [-0.4, -0.2) is 40.8 Å². The molecule has 29 heavy (non-hydrogen) atoms. The summed E-state index contributed by atoms with van der Waals surface area (Å²) in [6, 6.07) is 9.38. The lowest BCUT2D eigenvalue weighted by atomic mass is 9.95. The molecule has 3 rings (SSSR count). The predicted octanol–water partition coefficient (Wildman–Crippen LogP) is 4.14. The molecule has 154 valence electrons. The summed E-state index contributed by atoms with van der Waals surface area (Å²) < 4.78 is 0.872. The van der Waals surface area contributed by atoms with Gasteiger partial charge in [-0.05, 0) is 86.4 Å². The summed E-state index contributed by atoms with van der Waals surface area (Å²) in [7, 11) is 0. The Morgan fingerprint density at radius 3 is 2.48 bits per heavy atom. The molecule has 6 nitrogen and oxygen atoms in total. The fraction of sp³-hybridized carbons (Fsp3) is 0.409. The maximum Gasteiger partial charge on any atom is 0.241 e. The number of nitrogens with one attached hydrogen (secondary N) is 2. The highest BCUT2D eigenvalue weighted by Crippen LogP contribution is 2.22. The molecule has 1 fully saturated rings. The summed E-state index contributed by atoms with van der Waals surface area (Å²) >= 11 is 3.33. The molecule has 1 aromatic carbocycles. The van der Waals surface area contributed by atoms with Crippen molar-refractivity contribution in [2.45, 2.75) is 39.7 Å². The lowest BCUT2D eigenvalue weighted by Gasteiger charge is -2.34. The van der Waals surface area contributed by atoms with Crippen molar-refractivity contribution in [1.82, 2.24) is 9.88 Å². The molecule has 2 heterocycles. The molecular weight excluding hydrogens is 432 g/mol. The number of aryl methyl sites for hydroxylation is 2. The van der Waals surface area contributed by atoms with Crippen LogP contribution in [0.25, 0.3) is 0 Å². The van der Waals surface area contributed by atoms with Crippen LogP contribution in [0.5, 0.6) is 0 Å². The van der Waals surface area contributed by atoms with Gasteiger partial charge in [0.1, 0.15) is 5.82 Å². The van der Waals surface area contributed by atoms with E-state index >= 15 is 0 Å². The highest BCUT2D eigenvalue weighted by atomic mass is 79.9. The normalized spacial score (nSPS) is 16.3. The third-order valence-electron chi connectivity index (χ3n) is 5.45. The Kier molecular flexibility index (Phi) is 7.03. The first-order valence-electron chi connectivity index (χ1n) is 9.88. The van der Waals surface area contributed by atoms with Crippen LogP contribution in [0, 0.1) is 19.8 Å². The van der Waals surface area contributed by atoms with E-state index in [0.29, 0.717) is 18.9 Å². The molecule has 1 aromatic heterocycles. The van der Waals surface area contributed by atoms with E-state index < -0.39 is 0 Å². The molecular formula is C22H27BrN4O2. The number of anilines is 2. The summed E-state index contributed by atoms with van der Waals surface area (Å²) in [5.41, 5.74) is 3.08. The Morgan fingerprint density at radius 1 is 1.14 bits per heavy atom. The molecule has 1 aliphatic heterocycles. The number of likely N-dealkylation sites (tertiary alicyclic amines) is 1. The second kappa shape index (κ2) is 9.50. The van der Waals surface area contributed by atoms with Crippen LogP contribution in [0.15, 0.2) is 41.0 Å². The van der Waals surface area contributed by atoms with E-state index in [-0.39, 0.29) is 23.8 Å². The standard InChI is InChI=1S/C22H27BrN4O2/c1-14-4-6-19(15(2)12-14)25-21(28)16(3)27-10-8-17(9-11-27)22(29)26-20-7-5-18(23)13-24-20/h4-7,12-13,16-17H,8-11H2,1-3H3,(H,25,28)(H,24,26,29). The van der Waals surface area contributed by atoms with Crippen LogP contribution in [-0.2, 0) is 9.59 Å².